The Morgan fingerprint density at radius 2 is 1.57 bits per heavy atom. The molecule has 4 bridgehead atoms. The summed E-state index contributed by atoms with van der Waals surface area (Å²) in [5.41, 5.74) is 1.70. The minimum atomic E-state index is 0.471. The Morgan fingerprint density at radius 3 is 2.14 bits per heavy atom. The second-order valence-electron chi connectivity index (χ2n) is 7.53. The summed E-state index contributed by atoms with van der Waals surface area (Å²) in [6, 6.07) is 8.05. The van der Waals surface area contributed by atoms with Crippen LogP contribution in [0.1, 0.15) is 44.1 Å². The van der Waals surface area contributed by atoms with Gasteiger partial charge in [0, 0.05) is 17.1 Å². The van der Waals surface area contributed by atoms with Crippen LogP contribution in [0.4, 0.5) is 0 Å². The smallest absolute Gasteiger partial charge is 0.0406 e. The Balaban J connectivity index is 1.35. The number of halogens is 1. The molecule has 112 valence electrons. The number of hydrogen-bond acceptors (Lipinski definition) is 1. The van der Waals surface area contributed by atoms with Crippen LogP contribution in [0.2, 0.25) is 5.02 Å². The van der Waals surface area contributed by atoms with E-state index in [2.05, 4.69) is 29.6 Å². The highest BCUT2D eigenvalue weighted by Gasteiger charge is 2.50. The molecule has 0 aliphatic heterocycles. The molecule has 21 heavy (non-hydrogen) atoms. The van der Waals surface area contributed by atoms with Crippen molar-refractivity contribution in [2.24, 2.45) is 17.8 Å². The Labute approximate surface area is 132 Å². The van der Waals surface area contributed by atoms with Gasteiger partial charge in [0.05, 0.1) is 0 Å². The molecule has 1 aromatic carbocycles. The number of rotatable bonds is 4. The number of nitrogens with one attached hydrogen (secondary N) is 1. The van der Waals surface area contributed by atoms with Crippen LogP contribution in [0.5, 0.6) is 0 Å². The Kier molecular flexibility index (Phi) is 3.59. The van der Waals surface area contributed by atoms with Gasteiger partial charge >= 0.3 is 0 Å². The van der Waals surface area contributed by atoms with Crippen molar-refractivity contribution in [2.75, 3.05) is 6.54 Å². The lowest BCUT2D eigenvalue weighted by Crippen LogP contribution is -2.58. The van der Waals surface area contributed by atoms with E-state index in [4.69, 9.17) is 11.6 Å². The molecule has 0 unspecified atom stereocenters. The normalized spacial score (nSPS) is 37.5. The first-order valence-electron chi connectivity index (χ1n) is 8.38. The summed E-state index contributed by atoms with van der Waals surface area (Å²) in [6.45, 7) is 0.995. The second kappa shape index (κ2) is 5.44. The molecule has 4 saturated carbocycles. The number of benzene rings is 1. The minimum Gasteiger partial charge on any atom is -0.308 e. The van der Waals surface area contributed by atoms with Gasteiger partial charge in [0.2, 0.25) is 0 Å². The average molecular weight is 302 g/mol. The summed E-state index contributed by atoms with van der Waals surface area (Å²) in [7, 11) is 0. The molecular weight excluding hydrogens is 278 g/mol. The van der Waals surface area contributed by atoms with Crippen LogP contribution in [0.25, 0.3) is 6.08 Å². The molecule has 0 heterocycles. The highest BCUT2D eigenvalue weighted by Crippen LogP contribution is 2.55. The first kappa shape index (κ1) is 13.8. The van der Waals surface area contributed by atoms with E-state index < -0.39 is 0 Å². The van der Waals surface area contributed by atoms with Gasteiger partial charge in [-0.05, 0) is 74.0 Å². The van der Waals surface area contributed by atoms with Gasteiger partial charge in [-0.2, -0.15) is 0 Å². The molecule has 1 nitrogen and oxygen atoms in total. The van der Waals surface area contributed by atoms with Gasteiger partial charge in [0.1, 0.15) is 0 Å². The zero-order valence-electron chi connectivity index (χ0n) is 12.5. The van der Waals surface area contributed by atoms with Crippen molar-refractivity contribution in [1.82, 2.24) is 5.32 Å². The summed E-state index contributed by atoms with van der Waals surface area (Å²) in [5.74, 6) is 3.05. The molecular formula is C19H24ClN. The highest BCUT2D eigenvalue weighted by molar-refractivity contribution is 6.30. The van der Waals surface area contributed by atoms with Crippen molar-refractivity contribution in [1.29, 1.82) is 0 Å². The van der Waals surface area contributed by atoms with Crippen molar-refractivity contribution in [3.05, 3.63) is 40.9 Å². The predicted octanol–water partition coefficient (Wildman–Crippen LogP) is 4.91. The molecule has 1 aromatic rings. The molecule has 4 aliphatic rings. The molecule has 0 atom stereocenters. The highest BCUT2D eigenvalue weighted by atomic mass is 35.5. The quantitative estimate of drug-likeness (QED) is 0.833. The summed E-state index contributed by atoms with van der Waals surface area (Å²) in [5, 5.41) is 4.70. The van der Waals surface area contributed by atoms with Gasteiger partial charge in [-0.1, -0.05) is 35.9 Å². The van der Waals surface area contributed by atoms with Gasteiger partial charge < -0.3 is 5.32 Å². The third kappa shape index (κ3) is 2.91. The fourth-order valence-corrected chi connectivity index (χ4v) is 5.50. The maximum atomic E-state index is 5.91. The van der Waals surface area contributed by atoms with Crippen LogP contribution < -0.4 is 5.32 Å². The van der Waals surface area contributed by atoms with Crippen LogP contribution in [0.3, 0.4) is 0 Å². The standard InChI is InChI=1S/C19H24ClN/c20-18-5-3-14(4-6-18)2-1-7-21-19-11-15-8-16(12-19)10-17(9-15)13-19/h1-6,15-17,21H,7-13H2. The predicted molar refractivity (Wildman–Crippen MR) is 89.4 cm³/mol. The van der Waals surface area contributed by atoms with Crippen molar-refractivity contribution < 1.29 is 0 Å². The fraction of sp³-hybridized carbons (Fsp3) is 0.579. The Morgan fingerprint density at radius 1 is 1.00 bits per heavy atom. The van der Waals surface area contributed by atoms with Gasteiger partial charge in [0.25, 0.3) is 0 Å². The lowest BCUT2D eigenvalue weighted by Gasteiger charge is -2.57. The molecule has 1 N–H and O–H groups in total. The van der Waals surface area contributed by atoms with Crippen LogP contribution in [0.15, 0.2) is 30.3 Å². The van der Waals surface area contributed by atoms with Gasteiger partial charge in [-0.3, -0.25) is 0 Å². The maximum Gasteiger partial charge on any atom is 0.0406 e. The maximum absolute atomic E-state index is 5.91. The van der Waals surface area contributed by atoms with E-state index in [1.165, 1.54) is 44.1 Å². The zero-order chi connectivity index (χ0) is 14.3. The van der Waals surface area contributed by atoms with E-state index in [0.717, 1.165) is 29.3 Å². The third-order valence-electron chi connectivity index (χ3n) is 5.81. The minimum absolute atomic E-state index is 0.471. The van der Waals surface area contributed by atoms with Crippen LogP contribution >= 0.6 is 11.6 Å². The van der Waals surface area contributed by atoms with Crippen LogP contribution in [0, 0.1) is 17.8 Å². The van der Waals surface area contributed by atoms with E-state index in [9.17, 15) is 0 Å². The molecule has 4 aliphatic carbocycles. The second-order valence-corrected chi connectivity index (χ2v) is 7.97. The van der Waals surface area contributed by atoms with Gasteiger partial charge in [0.15, 0.2) is 0 Å². The van der Waals surface area contributed by atoms with Crippen LogP contribution in [-0.2, 0) is 0 Å². The van der Waals surface area contributed by atoms with E-state index in [0.29, 0.717) is 5.54 Å². The Bertz CT molecular complexity index is 496. The summed E-state index contributed by atoms with van der Waals surface area (Å²) < 4.78 is 0. The summed E-state index contributed by atoms with van der Waals surface area (Å²) in [4.78, 5) is 0. The molecule has 2 heteroatoms. The summed E-state index contributed by atoms with van der Waals surface area (Å²) in [6.07, 6.45) is 13.3. The Hall–Kier alpha value is -0.790. The SMILES string of the molecule is Clc1ccc(C=CCNC23CC4CC(CC(C4)C2)C3)cc1. The van der Waals surface area contributed by atoms with Gasteiger partial charge in [-0.25, -0.2) is 0 Å². The molecule has 0 amide bonds. The largest absolute Gasteiger partial charge is 0.308 e. The van der Waals surface area contributed by atoms with Crippen LogP contribution in [-0.4, -0.2) is 12.1 Å². The van der Waals surface area contributed by atoms with Gasteiger partial charge in [-0.15, -0.1) is 0 Å². The zero-order valence-corrected chi connectivity index (χ0v) is 13.3. The molecule has 0 radical (unpaired) electrons. The van der Waals surface area contributed by atoms with E-state index in [-0.39, 0.29) is 0 Å². The first-order chi connectivity index (χ1) is 10.2. The molecule has 0 spiro atoms. The topological polar surface area (TPSA) is 12.0 Å². The van der Waals surface area contributed by atoms with E-state index >= 15 is 0 Å². The monoisotopic (exact) mass is 301 g/mol. The lowest BCUT2D eigenvalue weighted by atomic mass is 9.53. The lowest BCUT2D eigenvalue weighted by molar-refractivity contribution is -0.0178. The van der Waals surface area contributed by atoms with Crippen molar-refractivity contribution in [3.63, 3.8) is 0 Å². The van der Waals surface area contributed by atoms with E-state index in [1.54, 1.807) is 0 Å². The summed E-state index contributed by atoms with van der Waals surface area (Å²) >= 11 is 5.91. The molecule has 5 rings (SSSR count). The molecule has 0 saturated heterocycles. The first-order valence-corrected chi connectivity index (χ1v) is 8.76. The average Bonchev–Trinajstić information content (AvgIpc) is 2.44. The number of hydrogen-bond donors (Lipinski definition) is 1. The third-order valence-corrected chi connectivity index (χ3v) is 6.07. The fourth-order valence-electron chi connectivity index (χ4n) is 5.37. The molecule has 4 fully saturated rings. The van der Waals surface area contributed by atoms with Crippen molar-refractivity contribution in [3.8, 4) is 0 Å². The van der Waals surface area contributed by atoms with Crippen molar-refractivity contribution >= 4 is 17.7 Å². The van der Waals surface area contributed by atoms with E-state index in [1.807, 2.05) is 12.1 Å². The molecule has 0 aromatic heterocycles. The van der Waals surface area contributed by atoms with Crippen molar-refractivity contribution in [2.45, 2.75) is 44.1 Å².